The van der Waals surface area contributed by atoms with Crippen LogP contribution in [0.1, 0.15) is 37.4 Å². The lowest BCUT2D eigenvalue weighted by Crippen LogP contribution is -2.38. The number of hydrogen-bond donors (Lipinski definition) is 1. The number of likely N-dealkylation sites (N-methyl/N-ethyl adjacent to an activating group) is 1. The number of nitrogens with zero attached hydrogens (tertiary/aromatic N) is 4. The van der Waals surface area contributed by atoms with Crippen LogP contribution in [-0.2, 0) is 11.3 Å². The van der Waals surface area contributed by atoms with E-state index in [0.717, 1.165) is 11.3 Å². The molecule has 1 aromatic rings. The van der Waals surface area contributed by atoms with Gasteiger partial charge in [0.25, 0.3) is 0 Å². The summed E-state index contributed by atoms with van der Waals surface area (Å²) in [6.45, 7) is 3.81. The molecule has 0 aliphatic heterocycles. The second-order valence-electron chi connectivity index (χ2n) is 5.57. The zero-order chi connectivity index (χ0) is 16.5. The van der Waals surface area contributed by atoms with Crippen LogP contribution in [0.5, 0.6) is 0 Å². The lowest BCUT2D eigenvalue weighted by atomic mass is 10.2. The van der Waals surface area contributed by atoms with E-state index in [1.54, 1.807) is 11.1 Å². The van der Waals surface area contributed by atoms with Crippen LogP contribution in [0, 0.1) is 11.3 Å². The van der Waals surface area contributed by atoms with Gasteiger partial charge >= 0.3 is 0 Å². The first-order chi connectivity index (χ1) is 11.2. The molecule has 1 aliphatic rings. The van der Waals surface area contributed by atoms with Crippen molar-refractivity contribution in [2.45, 2.75) is 38.8 Å². The van der Waals surface area contributed by atoms with Gasteiger partial charge in [-0.25, -0.2) is 0 Å². The maximum Gasteiger partial charge on any atom is 0.236 e. The van der Waals surface area contributed by atoms with Crippen LogP contribution in [0.15, 0.2) is 23.3 Å². The van der Waals surface area contributed by atoms with E-state index < -0.39 is 0 Å². The number of carbonyl (C=O) groups excluding carboxylic acids is 1. The van der Waals surface area contributed by atoms with E-state index in [-0.39, 0.29) is 12.5 Å². The molecule has 0 radical (unpaired) electrons. The normalized spacial score (nSPS) is 13.9. The molecule has 1 heterocycles. The smallest absolute Gasteiger partial charge is 0.236 e. The van der Waals surface area contributed by atoms with Crippen molar-refractivity contribution in [2.75, 3.05) is 19.6 Å². The highest BCUT2D eigenvalue weighted by molar-refractivity contribution is 5.80. The van der Waals surface area contributed by atoms with Crippen molar-refractivity contribution < 1.29 is 4.79 Å². The fraction of sp³-hybridized carbons (Fsp3) is 0.529. The predicted octanol–water partition coefficient (Wildman–Crippen LogP) is 1.51. The lowest BCUT2D eigenvalue weighted by Gasteiger charge is -2.19. The van der Waals surface area contributed by atoms with Crippen LogP contribution in [0.3, 0.4) is 0 Å². The van der Waals surface area contributed by atoms with Gasteiger partial charge in [0.1, 0.15) is 0 Å². The van der Waals surface area contributed by atoms with E-state index in [1.165, 1.54) is 12.8 Å². The summed E-state index contributed by atoms with van der Waals surface area (Å²) in [5.41, 5.74) is 1.93. The molecule has 1 aliphatic carbocycles. The summed E-state index contributed by atoms with van der Waals surface area (Å²) in [5.74, 6) is 0.00852. The molecule has 1 saturated carbocycles. The van der Waals surface area contributed by atoms with Gasteiger partial charge in [-0.3, -0.25) is 14.8 Å². The van der Waals surface area contributed by atoms with Gasteiger partial charge < -0.3 is 10.2 Å². The molecule has 0 bridgehead atoms. The molecular weight excluding hydrogens is 290 g/mol. The third-order valence-corrected chi connectivity index (χ3v) is 3.63. The SMILES string of the molecule is CCN(CCC#N)C(=O)CNCc1cc(C=NC2CC2)ccn1. The lowest BCUT2D eigenvalue weighted by molar-refractivity contribution is -0.130. The average Bonchev–Trinajstić information content (AvgIpc) is 3.38. The fourth-order valence-corrected chi connectivity index (χ4v) is 2.14. The maximum atomic E-state index is 12.0. The van der Waals surface area contributed by atoms with E-state index in [0.29, 0.717) is 32.1 Å². The van der Waals surface area contributed by atoms with Gasteiger partial charge in [0.15, 0.2) is 0 Å². The Morgan fingerprint density at radius 3 is 3.13 bits per heavy atom. The fourth-order valence-electron chi connectivity index (χ4n) is 2.14. The number of pyridine rings is 1. The Balaban J connectivity index is 1.77. The minimum Gasteiger partial charge on any atom is -0.341 e. The van der Waals surface area contributed by atoms with Crippen molar-refractivity contribution in [3.8, 4) is 6.07 Å². The van der Waals surface area contributed by atoms with E-state index in [1.807, 2.05) is 25.3 Å². The Morgan fingerprint density at radius 2 is 2.43 bits per heavy atom. The maximum absolute atomic E-state index is 12.0. The number of carbonyl (C=O) groups is 1. The molecule has 1 fully saturated rings. The highest BCUT2D eigenvalue weighted by Crippen LogP contribution is 2.23. The molecule has 0 atom stereocenters. The molecule has 0 unspecified atom stereocenters. The van der Waals surface area contributed by atoms with Crippen molar-refractivity contribution in [1.29, 1.82) is 5.26 Å². The number of nitrogens with one attached hydrogen (secondary N) is 1. The molecule has 0 spiro atoms. The Bertz CT molecular complexity index is 589. The third kappa shape index (κ3) is 6.17. The summed E-state index contributed by atoms with van der Waals surface area (Å²) in [7, 11) is 0. The van der Waals surface area contributed by atoms with E-state index in [4.69, 9.17) is 5.26 Å². The van der Waals surface area contributed by atoms with Crippen LogP contribution >= 0.6 is 0 Å². The third-order valence-electron chi connectivity index (χ3n) is 3.63. The quantitative estimate of drug-likeness (QED) is 0.701. The monoisotopic (exact) mass is 313 g/mol. The van der Waals surface area contributed by atoms with Crippen LogP contribution < -0.4 is 5.32 Å². The van der Waals surface area contributed by atoms with Crippen molar-refractivity contribution in [1.82, 2.24) is 15.2 Å². The summed E-state index contributed by atoms with van der Waals surface area (Å²) in [4.78, 5) is 22.5. The minimum absolute atomic E-state index is 0.00852. The molecule has 6 heteroatoms. The average molecular weight is 313 g/mol. The summed E-state index contributed by atoms with van der Waals surface area (Å²) in [6, 6.07) is 6.49. The molecule has 122 valence electrons. The van der Waals surface area contributed by atoms with Crippen LogP contribution in [0.2, 0.25) is 0 Å². The van der Waals surface area contributed by atoms with Crippen molar-refractivity contribution in [3.05, 3.63) is 29.6 Å². The summed E-state index contributed by atoms with van der Waals surface area (Å²) < 4.78 is 0. The Morgan fingerprint density at radius 1 is 1.61 bits per heavy atom. The number of nitriles is 1. The Labute approximate surface area is 137 Å². The second kappa shape index (κ2) is 9.01. The van der Waals surface area contributed by atoms with E-state index >= 15 is 0 Å². The van der Waals surface area contributed by atoms with Gasteiger partial charge in [0.2, 0.25) is 5.91 Å². The van der Waals surface area contributed by atoms with Gasteiger partial charge in [-0.05, 0) is 37.5 Å². The summed E-state index contributed by atoms with van der Waals surface area (Å²) >= 11 is 0. The molecule has 1 aromatic heterocycles. The molecule has 1 N–H and O–H groups in total. The highest BCUT2D eigenvalue weighted by Gasteiger charge is 2.18. The highest BCUT2D eigenvalue weighted by atomic mass is 16.2. The number of rotatable bonds is 9. The van der Waals surface area contributed by atoms with Gasteiger partial charge in [-0.1, -0.05) is 0 Å². The topological polar surface area (TPSA) is 81.4 Å². The van der Waals surface area contributed by atoms with Crippen molar-refractivity contribution in [3.63, 3.8) is 0 Å². The van der Waals surface area contributed by atoms with Gasteiger partial charge in [0, 0.05) is 32.0 Å². The van der Waals surface area contributed by atoms with Crippen molar-refractivity contribution in [2.24, 2.45) is 4.99 Å². The van der Waals surface area contributed by atoms with Gasteiger partial charge in [-0.15, -0.1) is 0 Å². The van der Waals surface area contributed by atoms with Crippen LogP contribution in [0.25, 0.3) is 0 Å². The number of amides is 1. The Kier molecular flexibility index (Phi) is 6.70. The van der Waals surface area contributed by atoms with Gasteiger partial charge in [0.05, 0.1) is 30.8 Å². The first-order valence-corrected chi connectivity index (χ1v) is 8.06. The van der Waals surface area contributed by atoms with Crippen LogP contribution in [-0.4, -0.2) is 47.7 Å². The number of hydrogen-bond acceptors (Lipinski definition) is 5. The van der Waals surface area contributed by atoms with Crippen molar-refractivity contribution >= 4 is 12.1 Å². The zero-order valence-corrected chi connectivity index (χ0v) is 13.5. The molecular formula is C17H23N5O. The van der Waals surface area contributed by atoms with Gasteiger partial charge in [-0.2, -0.15) is 5.26 Å². The standard InChI is InChI=1S/C17H23N5O/c1-2-22(9-3-7-18)17(23)13-19-12-16-10-14(6-8-20-16)11-21-15-4-5-15/h6,8,10-11,15,19H,2-5,9,12-13H2,1H3. The number of aliphatic imine (C=N–C) groups is 1. The van der Waals surface area contributed by atoms with E-state index in [2.05, 4.69) is 21.4 Å². The molecule has 0 saturated heterocycles. The zero-order valence-electron chi connectivity index (χ0n) is 13.5. The Hall–Kier alpha value is -2.26. The molecule has 1 amide bonds. The van der Waals surface area contributed by atoms with Crippen LogP contribution in [0.4, 0.5) is 0 Å². The predicted molar refractivity (Wildman–Crippen MR) is 89.0 cm³/mol. The van der Waals surface area contributed by atoms with E-state index in [9.17, 15) is 4.79 Å². The molecule has 2 rings (SSSR count). The molecule has 0 aromatic carbocycles. The first kappa shape index (κ1) is 17.1. The number of aromatic nitrogens is 1. The summed E-state index contributed by atoms with van der Waals surface area (Å²) in [5, 5.41) is 11.7. The minimum atomic E-state index is 0.00852. The molecule has 6 nitrogen and oxygen atoms in total. The largest absolute Gasteiger partial charge is 0.341 e. The first-order valence-electron chi connectivity index (χ1n) is 8.06. The molecule has 23 heavy (non-hydrogen) atoms. The second-order valence-corrected chi connectivity index (χ2v) is 5.57. The summed E-state index contributed by atoms with van der Waals surface area (Å²) in [6.07, 6.45) is 6.41.